The summed E-state index contributed by atoms with van der Waals surface area (Å²) in [6, 6.07) is 22.0. The van der Waals surface area contributed by atoms with Gasteiger partial charge in [0.05, 0.1) is 23.7 Å². The van der Waals surface area contributed by atoms with Crippen molar-refractivity contribution in [2.24, 2.45) is 0 Å². The Hall–Kier alpha value is -3.78. The number of rotatable bonds is 7. The van der Waals surface area contributed by atoms with E-state index >= 15 is 0 Å². The maximum Gasteiger partial charge on any atom is 0.264 e. The zero-order valence-corrected chi connectivity index (χ0v) is 20.2. The highest BCUT2D eigenvalue weighted by Gasteiger charge is 2.25. The number of nitrogens with zero attached hydrogens (tertiary/aromatic N) is 2. The quantitative estimate of drug-likeness (QED) is 0.369. The highest BCUT2D eigenvalue weighted by Crippen LogP contribution is 2.29. The summed E-state index contributed by atoms with van der Waals surface area (Å²) in [7, 11) is 0.811. The number of hydrogen-bond acceptors (Lipinski definition) is 5. The van der Waals surface area contributed by atoms with Crippen molar-refractivity contribution in [3.8, 4) is 5.75 Å². The van der Waals surface area contributed by atoms with Gasteiger partial charge < -0.3 is 14.1 Å². The van der Waals surface area contributed by atoms with Gasteiger partial charge >= 0.3 is 0 Å². The van der Waals surface area contributed by atoms with E-state index in [-0.39, 0.29) is 22.4 Å². The van der Waals surface area contributed by atoms with E-state index in [9.17, 15) is 13.2 Å². The first kappa shape index (κ1) is 23.4. The van der Waals surface area contributed by atoms with E-state index in [1.54, 1.807) is 50.6 Å². The van der Waals surface area contributed by atoms with Crippen molar-refractivity contribution in [3.63, 3.8) is 0 Å². The summed E-state index contributed by atoms with van der Waals surface area (Å²) in [5, 5.41) is 0.958. The van der Waals surface area contributed by atoms with Crippen molar-refractivity contribution >= 4 is 32.6 Å². The Labute approximate surface area is 199 Å². The summed E-state index contributed by atoms with van der Waals surface area (Å²) >= 11 is 0. The molecule has 3 aromatic carbocycles. The third-order valence-corrected chi connectivity index (χ3v) is 7.71. The fourth-order valence-corrected chi connectivity index (χ4v) is 4.90. The number of ether oxygens (including phenoxy) is 1. The van der Waals surface area contributed by atoms with Crippen LogP contribution in [0.25, 0.3) is 11.0 Å². The lowest BCUT2D eigenvalue weighted by Crippen LogP contribution is -2.30. The van der Waals surface area contributed by atoms with E-state index < -0.39 is 10.0 Å². The van der Waals surface area contributed by atoms with E-state index in [2.05, 4.69) is 0 Å². The van der Waals surface area contributed by atoms with Crippen molar-refractivity contribution in [2.45, 2.75) is 17.9 Å². The Bertz CT molecular complexity index is 1390. The summed E-state index contributed by atoms with van der Waals surface area (Å²) in [5.74, 6) is 0.973. The van der Waals surface area contributed by atoms with Gasteiger partial charge in [-0.15, -0.1) is 0 Å². The number of methoxy groups -OCH3 is 1. The second-order valence-corrected chi connectivity index (χ2v) is 9.95. The molecule has 0 N–H and O–H groups in total. The second-order valence-electron chi connectivity index (χ2n) is 7.98. The van der Waals surface area contributed by atoms with Gasteiger partial charge in [0.2, 0.25) is 0 Å². The molecule has 0 spiro atoms. The van der Waals surface area contributed by atoms with Gasteiger partial charge in [-0.2, -0.15) is 0 Å². The molecule has 0 saturated carbocycles. The highest BCUT2D eigenvalue weighted by molar-refractivity contribution is 7.92. The number of carbonyl (C=O) groups excluding carboxylic acids is 1. The van der Waals surface area contributed by atoms with Crippen LogP contribution in [0.1, 0.15) is 29.1 Å². The third kappa shape index (κ3) is 4.36. The zero-order valence-electron chi connectivity index (χ0n) is 19.4. The van der Waals surface area contributed by atoms with Crippen molar-refractivity contribution in [3.05, 3.63) is 90.2 Å². The van der Waals surface area contributed by atoms with E-state index in [0.29, 0.717) is 17.2 Å². The van der Waals surface area contributed by atoms with Gasteiger partial charge in [0, 0.05) is 25.0 Å². The van der Waals surface area contributed by atoms with Crippen LogP contribution in [-0.2, 0) is 10.0 Å². The fraction of sp³-hybridized carbons (Fsp3) is 0.192. The molecule has 1 unspecified atom stereocenters. The van der Waals surface area contributed by atoms with Crippen LogP contribution in [0.3, 0.4) is 0 Å². The van der Waals surface area contributed by atoms with Crippen LogP contribution < -0.4 is 9.04 Å². The topological polar surface area (TPSA) is 80.1 Å². The number of amides is 1. The van der Waals surface area contributed by atoms with Crippen LogP contribution in [0.4, 0.5) is 5.69 Å². The Morgan fingerprint density at radius 2 is 1.65 bits per heavy atom. The predicted molar refractivity (Wildman–Crippen MR) is 132 cm³/mol. The smallest absolute Gasteiger partial charge is 0.264 e. The van der Waals surface area contributed by atoms with Crippen LogP contribution >= 0.6 is 0 Å². The summed E-state index contributed by atoms with van der Waals surface area (Å²) in [4.78, 5) is 14.8. The molecule has 0 saturated heterocycles. The fourth-order valence-electron chi connectivity index (χ4n) is 3.66. The van der Waals surface area contributed by atoms with Gasteiger partial charge in [0.15, 0.2) is 0 Å². The van der Waals surface area contributed by atoms with Crippen LogP contribution in [0.2, 0.25) is 0 Å². The lowest BCUT2D eigenvalue weighted by Gasteiger charge is -2.24. The molecule has 0 radical (unpaired) electrons. The van der Waals surface area contributed by atoms with Crippen molar-refractivity contribution in [1.29, 1.82) is 0 Å². The van der Waals surface area contributed by atoms with Crippen molar-refractivity contribution in [1.82, 2.24) is 4.90 Å². The highest BCUT2D eigenvalue weighted by atomic mass is 32.2. The monoisotopic (exact) mass is 478 g/mol. The Kier molecular flexibility index (Phi) is 6.34. The lowest BCUT2D eigenvalue weighted by molar-refractivity contribution is 0.0727. The minimum atomic E-state index is -3.88. The molecule has 0 aliphatic rings. The van der Waals surface area contributed by atoms with Gasteiger partial charge in [-0.05, 0) is 61.5 Å². The van der Waals surface area contributed by atoms with Crippen molar-refractivity contribution in [2.75, 3.05) is 25.5 Å². The molecule has 1 heterocycles. The summed E-state index contributed by atoms with van der Waals surface area (Å²) < 4.78 is 38.7. The molecule has 4 rings (SSSR count). The number of benzene rings is 3. The van der Waals surface area contributed by atoms with Crippen LogP contribution in [0.15, 0.2) is 88.2 Å². The molecule has 1 atom stereocenters. The molecule has 4 aromatic rings. The summed E-state index contributed by atoms with van der Waals surface area (Å²) in [6.45, 7) is 1.87. The number of fused-ring (bicyclic) bond motifs is 1. The largest absolute Gasteiger partial charge is 0.497 e. The molecule has 0 aliphatic carbocycles. The summed E-state index contributed by atoms with van der Waals surface area (Å²) in [5.41, 5.74) is 1.50. The van der Waals surface area contributed by atoms with Crippen molar-refractivity contribution < 1.29 is 22.4 Å². The maximum absolute atomic E-state index is 13.2. The average Bonchev–Trinajstić information content (AvgIpc) is 3.31. The molecule has 1 amide bonds. The molecule has 34 heavy (non-hydrogen) atoms. The Balaban J connectivity index is 1.58. The third-order valence-electron chi connectivity index (χ3n) is 5.93. The molecule has 8 heteroatoms. The zero-order chi connectivity index (χ0) is 24.5. The minimum absolute atomic E-state index is 0.0291. The average molecular weight is 479 g/mol. The van der Waals surface area contributed by atoms with Gasteiger partial charge in [-0.1, -0.05) is 24.3 Å². The van der Waals surface area contributed by atoms with Gasteiger partial charge in [0.1, 0.15) is 17.1 Å². The number of para-hydroxylation sites is 1. The molecule has 0 fully saturated rings. The molecule has 176 valence electrons. The minimum Gasteiger partial charge on any atom is -0.497 e. The second kappa shape index (κ2) is 9.23. The van der Waals surface area contributed by atoms with Crippen LogP contribution in [0.5, 0.6) is 5.75 Å². The number of sulfonamides is 1. The molecule has 0 aliphatic heterocycles. The first-order valence-electron chi connectivity index (χ1n) is 10.7. The van der Waals surface area contributed by atoms with E-state index in [1.165, 1.54) is 28.4 Å². The van der Waals surface area contributed by atoms with E-state index in [1.807, 2.05) is 37.3 Å². The molecular formula is C26H26N2O5S. The van der Waals surface area contributed by atoms with Gasteiger partial charge in [0.25, 0.3) is 15.9 Å². The number of carbonyl (C=O) groups is 1. The molecule has 0 bridgehead atoms. The molecule has 1 aromatic heterocycles. The Morgan fingerprint density at radius 1 is 0.941 bits per heavy atom. The number of anilines is 1. The SMILES string of the molecule is COc1ccc(N(C)S(=O)(=O)c2cccc(C(=O)N(C)C(C)c3cc4ccccc4o3)c2)cc1. The number of furan rings is 1. The molecular weight excluding hydrogens is 452 g/mol. The van der Waals surface area contributed by atoms with Crippen LogP contribution in [-0.4, -0.2) is 40.4 Å². The lowest BCUT2D eigenvalue weighted by atomic mass is 10.1. The van der Waals surface area contributed by atoms with Gasteiger partial charge in [-0.25, -0.2) is 8.42 Å². The van der Waals surface area contributed by atoms with E-state index in [0.717, 1.165) is 11.0 Å². The maximum atomic E-state index is 13.2. The van der Waals surface area contributed by atoms with E-state index in [4.69, 9.17) is 9.15 Å². The van der Waals surface area contributed by atoms with Crippen LogP contribution in [0, 0.1) is 0 Å². The Morgan fingerprint density at radius 3 is 2.32 bits per heavy atom. The first-order chi connectivity index (χ1) is 16.2. The number of hydrogen-bond donors (Lipinski definition) is 0. The van der Waals surface area contributed by atoms with Gasteiger partial charge in [-0.3, -0.25) is 9.10 Å². The summed E-state index contributed by atoms with van der Waals surface area (Å²) in [6.07, 6.45) is 0. The predicted octanol–water partition coefficient (Wildman–Crippen LogP) is 5.10. The normalized spacial score (nSPS) is 12.4. The standard InChI is InChI=1S/C26H26N2O5S/c1-18(25-17-19-8-5-6-11-24(19)33-25)27(2)26(29)20-9-7-10-23(16-20)34(30,31)28(3)21-12-14-22(32-4)15-13-21/h5-18H,1-4H3. The molecule has 7 nitrogen and oxygen atoms in total. The first-order valence-corrected chi connectivity index (χ1v) is 12.1.